The van der Waals surface area contributed by atoms with Crippen LogP contribution >= 0.6 is 0 Å². The first-order valence-corrected chi connectivity index (χ1v) is 7.99. The molecular formula is C14H20FNO3S. The zero-order chi connectivity index (χ0) is 15.3. The van der Waals surface area contributed by atoms with Crippen molar-refractivity contribution in [3.05, 3.63) is 24.0 Å². The molecule has 1 atom stereocenters. The molecule has 0 aromatic heterocycles. The van der Waals surface area contributed by atoms with E-state index in [2.05, 4.69) is 0 Å². The molecule has 20 heavy (non-hydrogen) atoms. The summed E-state index contributed by atoms with van der Waals surface area (Å²) in [6.07, 6.45) is 0.326. The second kappa shape index (κ2) is 4.43. The third kappa shape index (κ3) is 2.54. The molecule has 1 fully saturated rings. The monoisotopic (exact) mass is 301 g/mol. The minimum atomic E-state index is -3.82. The third-order valence-corrected chi connectivity index (χ3v) is 6.06. The summed E-state index contributed by atoms with van der Waals surface area (Å²) in [7, 11) is -3.82. The number of sulfone groups is 1. The Hall–Kier alpha value is -1.14. The minimum Gasteiger partial charge on any atom is -0.399 e. The van der Waals surface area contributed by atoms with Crippen molar-refractivity contribution in [1.82, 2.24) is 0 Å². The van der Waals surface area contributed by atoms with Gasteiger partial charge in [-0.1, -0.05) is 0 Å². The van der Waals surface area contributed by atoms with Crippen LogP contribution in [0.1, 0.15) is 34.1 Å². The molecule has 112 valence electrons. The van der Waals surface area contributed by atoms with Gasteiger partial charge in [-0.05, 0) is 52.3 Å². The summed E-state index contributed by atoms with van der Waals surface area (Å²) in [6, 6.07) is 3.64. The molecule has 6 heteroatoms. The van der Waals surface area contributed by atoms with Gasteiger partial charge >= 0.3 is 0 Å². The number of benzene rings is 1. The molecule has 1 aliphatic rings. The number of ether oxygens (including phenoxy) is 1. The van der Waals surface area contributed by atoms with Crippen molar-refractivity contribution in [2.75, 3.05) is 5.73 Å². The second-order valence-corrected chi connectivity index (χ2v) is 8.49. The van der Waals surface area contributed by atoms with Crippen LogP contribution in [0.15, 0.2) is 23.1 Å². The van der Waals surface area contributed by atoms with Gasteiger partial charge in [0.2, 0.25) is 0 Å². The molecule has 1 aromatic rings. The Kier molecular flexibility index (Phi) is 3.38. The van der Waals surface area contributed by atoms with Crippen molar-refractivity contribution in [3.8, 4) is 0 Å². The highest BCUT2D eigenvalue weighted by molar-refractivity contribution is 7.92. The summed E-state index contributed by atoms with van der Waals surface area (Å²) >= 11 is 0. The van der Waals surface area contributed by atoms with Crippen LogP contribution in [0.4, 0.5) is 10.1 Å². The summed E-state index contributed by atoms with van der Waals surface area (Å²) in [6.45, 7) is 7.12. The van der Waals surface area contributed by atoms with E-state index >= 15 is 0 Å². The number of nitrogens with two attached hydrogens (primary N) is 1. The van der Waals surface area contributed by atoms with Gasteiger partial charge in [-0.2, -0.15) is 0 Å². The zero-order valence-electron chi connectivity index (χ0n) is 12.1. The average Bonchev–Trinajstić information content (AvgIpc) is 2.46. The predicted octanol–water partition coefficient (Wildman–Crippen LogP) is 2.53. The normalized spacial score (nSPS) is 24.8. The first kappa shape index (κ1) is 15.3. The smallest absolute Gasteiger partial charge is 0.187 e. The highest BCUT2D eigenvalue weighted by Gasteiger charge is 2.52. The molecular weight excluding hydrogens is 281 g/mol. The number of rotatable bonds is 2. The third-order valence-electron chi connectivity index (χ3n) is 3.63. The summed E-state index contributed by atoms with van der Waals surface area (Å²) < 4.78 is 45.2. The summed E-state index contributed by atoms with van der Waals surface area (Å²) in [5, 5.41) is -0.789. The Morgan fingerprint density at radius 1 is 1.30 bits per heavy atom. The lowest BCUT2D eigenvalue weighted by molar-refractivity contribution is -0.0635. The number of hydrogen-bond acceptors (Lipinski definition) is 4. The SMILES string of the molecule is CC1(C)CC(S(=O)(=O)c2ccc(N)cc2F)C(C)(C)O1. The van der Waals surface area contributed by atoms with E-state index in [1.807, 2.05) is 13.8 Å². The van der Waals surface area contributed by atoms with Crippen LogP contribution in [0.3, 0.4) is 0 Å². The first-order valence-electron chi connectivity index (χ1n) is 6.45. The molecule has 0 amide bonds. The number of nitrogen functional groups attached to an aromatic ring is 1. The van der Waals surface area contributed by atoms with Crippen LogP contribution in [0.5, 0.6) is 0 Å². The van der Waals surface area contributed by atoms with E-state index in [1.54, 1.807) is 13.8 Å². The van der Waals surface area contributed by atoms with E-state index in [-0.39, 0.29) is 10.6 Å². The molecule has 4 nitrogen and oxygen atoms in total. The van der Waals surface area contributed by atoms with Crippen molar-refractivity contribution >= 4 is 15.5 Å². The average molecular weight is 301 g/mol. The maximum Gasteiger partial charge on any atom is 0.187 e. The van der Waals surface area contributed by atoms with Gasteiger partial charge in [0.25, 0.3) is 0 Å². The van der Waals surface area contributed by atoms with E-state index in [9.17, 15) is 12.8 Å². The van der Waals surface area contributed by atoms with E-state index in [4.69, 9.17) is 10.5 Å². The van der Waals surface area contributed by atoms with Crippen molar-refractivity contribution in [1.29, 1.82) is 0 Å². The number of hydrogen-bond donors (Lipinski definition) is 1. The molecule has 2 rings (SSSR count). The van der Waals surface area contributed by atoms with Crippen LogP contribution in [0.25, 0.3) is 0 Å². The van der Waals surface area contributed by atoms with Gasteiger partial charge in [0.15, 0.2) is 9.84 Å². The van der Waals surface area contributed by atoms with Gasteiger partial charge < -0.3 is 10.5 Å². The molecule has 0 bridgehead atoms. The highest BCUT2D eigenvalue weighted by Crippen LogP contribution is 2.43. The molecule has 0 saturated carbocycles. The lowest BCUT2D eigenvalue weighted by Crippen LogP contribution is -2.38. The molecule has 0 radical (unpaired) electrons. The van der Waals surface area contributed by atoms with Crippen LogP contribution in [0.2, 0.25) is 0 Å². The minimum absolute atomic E-state index is 0.198. The quantitative estimate of drug-likeness (QED) is 0.852. The fourth-order valence-corrected chi connectivity index (χ4v) is 5.21. The highest BCUT2D eigenvalue weighted by atomic mass is 32.2. The summed E-state index contributed by atoms with van der Waals surface area (Å²) in [5.74, 6) is -0.814. The van der Waals surface area contributed by atoms with Crippen molar-refractivity contribution in [2.45, 2.75) is 55.5 Å². The van der Waals surface area contributed by atoms with Gasteiger partial charge in [-0.3, -0.25) is 0 Å². The van der Waals surface area contributed by atoms with Crippen LogP contribution in [-0.2, 0) is 14.6 Å². The predicted molar refractivity (Wildman–Crippen MR) is 75.6 cm³/mol. The molecule has 1 saturated heterocycles. The molecule has 0 aliphatic carbocycles. The van der Waals surface area contributed by atoms with Crippen molar-refractivity contribution < 1.29 is 17.5 Å². The Morgan fingerprint density at radius 3 is 2.35 bits per heavy atom. The Morgan fingerprint density at radius 2 is 1.90 bits per heavy atom. The van der Waals surface area contributed by atoms with Gasteiger partial charge in [-0.15, -0.1) is 0 Å². The Labute approximate surface area is 119 Å². The van der Waals surface area contributed by atoms with Crippen LogP contribution in [0, 0.1) is 5.82 Å². The molecule has 1 aromatic carbocycles. The number of anilines is 1. The van der Waals surface area contributed by atoms with Crippen LogP contribution in [-0.4, -0.2) is 24.9 Å². The molecule has 1 unspecified atom stereocenters. The van der Waals surface area contributed by atoms with Gasteiger partial charge in [-0.25, -0.2) is 12.8 Å². The fraction of sp³-hybridized carbons (Fsp3) is 0.571. The lowest BCUT2D eigenvalue weighted by atomic mass is 10.0. The summed E-state index contributed by atoms with van der Waals surface area (Å²) in [5.41, 5.74) is 4.24. The topological polar surface area (TPSA) is 69.4 Å². The fourth-order valence-electron chi connectivity index (χ4n) is 2.90. The first-order chi connectivity index (χ1) is 8.96. The maximum atomic E-state index is 13.9. The second-order valence-electron chi connectivity index (χ2n) is 6.39. The van der Waals surface area contributed by atoms with Gasteiger partial charge in [0.1, 0.15) is 10.7 Å². The molecule has 1 heterocycles. The molecule has 0 spiro atoms. The van der Waals surface area contributed by atoms with E-state index in [1.165, 1.54) is 12.1 Å². The number of halogens is 1. The molecule has 1 aliphatic heterocycles. The molecule has 2 N–H and O–H groups in total. The van der Waals surface area contributed by atoms with Gasteiger partial charge in [0.05, 0.1) is 16.5 Å². The van der Waals surface area contributed by atoms with Gasteiger partial charge in [0, 0.05) is 5.69 Å². The zero-order valence-corrected chi connectivity index (χ0v) is 12.9. The van der Waals surface area contributed by atoms with Crippen molar-refractivity contribution in [2.24, 2.45) is 0 Å². The van der Waals surface area contributed by atoms with E-state index in [0.717, 1.165) is 6.07 Å². The lowest BCUT2D eigenvalue weighted by Gasteiger charge is -2.27. The Balaban J connectivity index is 2.51. The van der Waals surface area contributed by atoms with E-state index in [0.29, 0.717) is 6.42 Å². The van der Waals surface area contributed by atoms with E-state index < -0.39 is 32.1 Å². The van der Waals surface area contributed by atoms with Crippen molar-refractivity contribution in [3.63, 3.8) is 0 Å². The largest absolute Gasteiger partial charge is 0.399 e. The maximum absolute atomic E-state index is 13.9. The summed E-state index contributed by atoms with van der Waals surface area (Å²) in [4.78, 5) is -0.314. The standard InChI is InChI=1S/C14H20FNO3S/c1-13(2)8-12(14(3,4)19-13)20(17,18)11-6-5-9(16)7-10(11)15/h5-7,12H,8,16H2,1-4H3. The Bertz CT molecular complexity index is 638. The van der Waals surface area contributed by atoms with Crippen LogP contribution < -0.4 is 5.73 Å².